The summed E-state index contributed by atoms with van der Waals surface area (Å²) in [6, 6.07) is 3.47. The largest absolute Gasteiger partial charge is 0.381 e. The van der Waals surface area contributed by atoms with Crippen molar-refractivity contribution in [3.63, 3.8) is 0 Å². The smallest absolute Gasteiger partial charge is 0.254 e. The number of nitrogens with one attached hydrogen (secondary N) is 1. The molecule has 0 aromatic carbocycles. The zero-order chi connectivity index (χ0) is 13.3. The van der Waals surface area contributed by atoms with Gasteiger partial charge in [-0.15, -0.1) is 0 Å². The lowest BCUT2D eigenvalue weighted by molar-refractivity contribution is -0.0942. The minimum atomic E-state index is -0.180. The molecule has 0 aliphatic heterocycles. The van der Waals surface area contributed by atoms with E-state index in [-0.39, 0.29) is 28.6 Å². The summed E-state index contributed by atoms with van der Waals surface area (Å²) < 4.78 is 5.35. The van der Waals surface area contributed by atoms with Crippen molar-refractivity contribution in [2.45, 2.75) is 32.4 Å². The minimum Gasteiger partial charge on any atom is -0.381 e. The first-order valence-corrected chi connectivity index (χ1v) is 6.28. The van der Waals surface area contributed by atoms with Crippen LogP contribution in [0.3, 0.4) is 0 Å². The lowest BCUT2D eigenvalue weighted by Gasteiger charge is -2.51. The predicted octanol–water partition coefficient (Wildman–Crippen LogP) is 2.28. The van der Waals surface area contributed by atoms with E-state index in [1.165, 1.54) is 0 Å². The molecule has 2 unspecified atom stereocenters. The zero-order valence-electron chi connectivity index (χ0n) is 10.7. The molecule has 98 valence electrons. The van der Waals surface area contributed by atoms with Crippen LogP contribution in [0.25, 0.3) is 0 Å². The first-order chi connectivity index (χ1) is 8.46. The second-order valence-electron chi connectivity index (χ2n) is 5.15. The predicted molar refractivity (Wildman–Crippen MR) is 69.7 cm³/mol. The van der Waals surface area contributed by atoms with Gasteiger partial charge in [0.1, 0.15) is 5.15 Å². The third-order valence-electron chi connectivity index (χ3n) is 3.77. The number of carbonyl (C=O) groups excluding carboxylic acids is 1. The summed E-state index contributed by atoms with van der Waals surface area (Å²) in [6.45, 7) is 4.17. The molecule has 4 nitrogen and oxygen atoms in total. The van der Waals surface area contributed by atoms with Crippen molar-refractivity contribution in [2.75, 3.05) is 7.11 Å². The second kappa shape index (κ2) is 4.86. The Bertz CT molecular complexity index is 462. The number of nitrogens with zero attached hydrogens (tertiary/aromatic N) is 1. The SMILES string of the molecule is COC1CC(NC(=O)c2cccnc2Cl)C1(C)C. The van der Waals surface area contributed by atoms with Gasteiger partial charge in [0, 0.05) is 24.8 Å². The van der Waals surface area contributed by atoms with Crippen LogP contribution in [0.15, 0.2) is 18.3 Å². The number of amides is 1. The van der Waals surface area contributed by atoms with Gasteiger partial charge in [0.25, 0.3) is 5.91 Å². The lowest BCUT2D eigenvalue weighted by atomic mass is 9.64. The molecular formula is C13H17ClN2O2. The highest BCUT2D eigenvalue weighted by Gasteiger charge is 2.49. The fourth-order valence-corrected chi connectivity index (χ4v) is 2.53. The molecule has 1 N–H and O–H groups in total. The first kappa shape index (κ1) is 13.3. The van der Waals surface area contributed by atoms with E-state index in [4.69, 9.17) is 16.3 Å². The van der Waals surface area contributed by atoms with Crippen LogP contribution in [0.5, 0.6) is 0 Å². The van der Waals surface area contributed by atoms with Crippen LogP contribution < -0.4 is 5.32 Å². The molecule has 1 amide bonds. The molecule has 1 fully saturated rings. The van der Waals surface area contributed by atoms with E-state index in [2.05, 4.69) is 24.1 Å². The van der Waals surface area contributed by atoms with Crippen molar-refractivity contribution in [1.29, 1.82) is 0 Å². The van der Waals surface area contributed by atoms with E-state index < -0.39 is 0 Å². The molecule has 18 heavy (non-hydrogen) atoms. The van der Waals surface area contributed by atoms with Gasteiger partial charge in [-0.1, -0.05) is 25.4 Å². The Morgan fingerprint density at radius 3 is 2.89 bits per heavy atom. The standard InChI is InChI=1S/C13H17ClN2O2/c1-13(2)9(7-10(13)18-3)16-12(17)8-5-4-6-15-11(8)14/h4-6,9-10H,7H2,1-3H3,(H,16,17). The topological polar surface area (TPSA) is 51.2 Å². The van der Waals surface area contributed by atoms with Crippen molar-refractivity contribution < 1.29 is 9.53 Å². The lowest BCUT2D eigenvalue weighted by Crippen LogP contribution is -2.61. The van der Waals surface area contributed by atoms with Gasteiger partial charge >= 0.3 is 0 Å². The maximum Gasteiger partial charge on any atom is 0.254 e. The van der Waals surface area contributed by atoms with E-state index in [1.807, 2.05) is 0 Å². The Morgan fingerprint density at radius 1 is 1.61 bits per heavy atom. The Hall–Kier alpha value is -1.13. The van der Waals surface area contributed by atoms with Gasteiger partial charge in [0.05, 0.1) is 11.7 Å². The van der Waals surface area contributed by atoms with Gasteiger partial charge in [-0.3, -0.25) is 4.79 Å². The molecular weight excluding hydrogens is 252 g/mol. The third kappa shape index (κ3) is 2.22. The van der Waals surface area contributed by atoms with Gasteiger partial charge in [0.15, 0.2) is 0 Å². The van der Waals surface area contributed by atoms with Gasteiger partial charge in [0.2, 0.25) is 0 Å². The highest BCUT2D eigenvalue weighted by molar-refractivity contribution is 6.32. The molecule has 2 atom stereocenters. The number of hydrogen-bond acceptors (Lipinski definition) is 3. The average Bonchev–Trinajstić information content (AvgIpc) is 2.34. The van der Waals surface area contributed by atoms with Crippen LogP contribution in [-0.2, 0) is 4.74 Å². The fourth-order valence-electron chi connectivity index (χ4n) is 2.32. The molecule has 0 radical (unpaired) electrons. The molecule has 1 aliphatic carbocycles. The van der Waals surface area contributed by atoms with Gasteiger partial charge in [-0.25, -0.2) is 4.98 Å². The van der Waals surface area contributed by atoms with E-state index in [9.17, 15) is 4.79 Å². The molecule has 1 aromatic heterocycles. The van der Waals surface area contributed by atoms with Gasteiger partial charge in [-0.05, 0) is 18.6 Å². The van der Waals surface area contributed by atoms with Crippen LogP contribution >= 0.6 is 11.6 Å². The maximum absolute atomic E-state index is 12.1. The van der Waals surface area contributed by atoms with Crippen LogP contribution in [0, 0.1) is 5.41 Å². The highest BCUT2D eigenvalue weighted by atomic mass is 35.5. The Labute approximate surface area is 112 Å². The summed E-state index contributed by atoms with van der Waals surface area (Å²) in [5.74, 6) is -0.180. The summed E-state index contributed by atoms with van der Waals surface area (Å²) in [6.07, 6.45) is 2.58. The number of methoxy groups -OCH3 is 1. The van der Waals surface area contributed by atoms with Crippen molar-refractivity contribution in [2.24, 2.45) is 5.41 Å². The molecule has 1 aromatic rings. The van der Waals surface area contributed by atoms with Crippen molar-refractivity contribution in [1.82, 2.24) is 10.3 Å². The maximum atomic E-state index is 12.1. The summed E-state index contributed by atoms with van der Waals surface area (Å²) in [7, 11) is 1.70. The summed E-state index contributed by atoms with van der Waals surface area (Å²) >= 11 is 5.89. The number of rotatable bonds is 3. The zero-order valence-corrected chi connectivity index (χ0v) is 11.5. The number of ether oxygens (including phenoxy) is 1. The summed E-state index contributed by atoms with van der Waals surface area (Å²) in [4.78, 5) is 16.0. The molecule has 0 spiro atoms. The number of aromatic nitrogens is 1. The van der Waals surface area contributed by atoms with E-state index in [0.717, 1.165) is 6.42 Å². The molecule has 0 bridgehead atoms. The van der Waals surface area contributed by atoms with Gasteiger partial charge < -0.3 is 10.1 Å². The normalized spacial score (nSPS) is 25.3. The number of hydrogen-bond donors (Lipinski definition) is 1. The highest BCUT2D eigenvalue weighted by Crippen LogP contribution is 2.42. The van der Waals surface area contributed by atoms with Gasteiger partial charge in [-0.2, -0.15) is 0 Å². The molecule has 0 saturated heterocycles. The van der Waals surface area contributed by atoms with Crippen LogP contribution in [-0.4, -0.2) is 30.1 Å². The number of halogens is 1. The Balaban J connectivity index is 2.04. The van der Waals surface area contributed by atoms with E-state index >= 15 is 0 Å². The quantitative estimate of drug-likeness (QED) is 0.856. The molecule has 1 saturated carbocycles. The van der Waals surface area contributed by atoms with Crippen molar-refractivity contribution in [3.05, 3.63) is 29.0 Å². The molecule has 1 heterocycles. The third-order valence-corrected chi connectivity index (χ3v) is 4.07. The number of pyridine rings is 1. The van der Waals surface area contributed by atoms with Crippen LogP contribution in [0.2, 0.25) is 5.15 Å². The molecule has 5 heteroatoms. The second-order valence-corrected chi connectivity index (χ2v) is 5.51. The molecule has 1 aliphatic rings. The average molecular weight is 269 g/mol. The van der Waals surface area contributed by atoms with Crippen molar-refractivity contribution in [3.8, 4) is 0 Å². The first-order valence-electron chi connectivity index (χ1n) is 5.91. The van der Waals surface area contributed by atoms with E-state index in [0.29, 0.717) is 5.56 Å². The number of carbonyl (C=O) groups is 1. The van der Waals surface area contributed by atoms with Crippen molar-refractivity contribution >= 4 is 17.5 Å². The summed E-state index contributed by atoms with van der Waals surface area (Å²) in [5.41, 5.74) is 0.356. The van der Waals surface area contributed by atoms with Crippen LogP contribution in [0.1, 0.15) is 30.6 Å². The molecule has 2 rings (SSSR count). The van der Waals surface area contributed by atoms with E-state index in [1.54, 1.807) is 25.4 Å². The minimum absolute atomic E-state index is 0.0565. The van der Waals surface area contributed by atoms with Crippen LogP contribution in [0.4, 0.5) is 0 Å². The summed E-state index contributed by atoms with van der Waals surface area (Å²) in [5, 5.41) is 3.22. The Kier molecular flexibility index (Phi) is 3.59. The fraction of sp³-hybridized carbons (Fsp3) is 0.538. The Morgan fingerprint density at radius 2 is 2.33 bits per heavy atom. The monoisotopic (exact) mass is 268 g/mol.